The Kier molecular flexibility index (Phi) is 4.64. The first-order chi connectivity index (χ1) is 8.36. The highest BCUT2D eigenvalue weighted by Crippen LogP contribution is 2.11. The lowest BCUT2D eigenvalue weighted by Gasteiger charge is -2.12. The van der Waals surface area contributed by atoms with Crippen molar-refractivity contribution >= 4 is 15.8 Å². The molecule has 0 saturated carbocycles. The molecule has 0 bridgehead atoms. The van der Waals surface area contributed by atoms with Crippen molar-refractivity contribution in [3.8, 4) is 6.07 Å². The third-order valence-corrected chi connectivity index (χ3v) is 3.63. The maximum atomic E-state index is 11.8. The summed E-state index contributed by atoms with van der Waals surface area (Å²) in [6.07, 6.45) is -0.414. The fourth-order valence-corrected chi connectivity index (χ4v) is 2.62. The molecule has 1 atom stereocenters. The molecule has 0 fully saturated rings. The van der Waals surface area contributed by atoms with Crippen LogP contribution in [0.2, 0.25) is 0 Å². The standard InChI is InChI=1S/C11H15N3O3S/c1-8-4-10(6-12)5-11(13-8)14-18(15,16)7-9(2)17-3/h4-5,9H,7H2,1-3H3,(H,13,14)/t9-/m0/s1. The van der Waals surface area contributed by atoms with Gasteiger partial charge in [0.05, 0.1) is 23.5 Å². The van der Waals surface area contributed by atoms with Gasteiger partial charge in [-0.1, -0.05) is 0 Å². The molecule has 0 unspecified atom stereocenters. The number of hydrogen-bond acceptors (Lipinski definition) is 5. The van der Waals surface area contributed by atoms with Gasteiger partial charge in [0.25, 0.3) is 0 Å². The molecule has 1 N–H and O–H groups in total. The van der Waals surface area contributed by atoms with E-state index in [1.54, 1.807) is 19.9 Å². The van der Waals surface area contributed by atoms with E-state index in [1.165, 1.54) is 13.2 Å². The third-order valence-electron chi connectivity index (χ3n) is 2.20. The second-order valence-electron chi connectivity index (χ2n) is 3.92. The van der Waals surface area contributed by atoms with E-state index in [9.17, 15) is 8.42 Å². The Labute approximate surface area is 107 Å². The molecule has 0 saturated heterocycles. The number of methoxy groups -OCH3 is 1. The summed E-state index contributed by atoms with van der Waals surface area (Å²) in [5.74, 6) is -0.0177. The Bertz CT molecular complexity index is 563. The van der Waals surface area contributed by atoms with Gasteiger partial charge in [0.2, 0.25) is 10.0 Å². The number of sulfonamides is 1. The molecule has 0 spiro atoms. The lowest BCUT2D eigenvalue weighted by molar-refractivity contribution is 0.136. The molecular formula is C11H15N3O3S. The van der Waals surface area contributed by atoms with E-state index in [1.807, 2.05) is 6.07 Å². The molecule has 1 rings (SSSR count). The zero-order valence-electron chi connectivity index (χ0n) is 10.5. The number of anilines is 1. The second-order valence-corrected chi connectivity index (χ2v) is 5.69. The van der Waals surface area contributed by atoms with Crippen LogP contribution in [0.4, 0.5) is 5.82 Å². The minimum absolute atomic E-state index is 0.148. The van der Waals surface area contributed by atoms with Crippen molar-refractivity contribution in [2.75, 3.05) is 17.6 Å². The Morgan fingerprint density at radius 2 is 2.22 bits per heavy atom. The molecule has 0 aromatic carbocycles. The molecule has 6 nitrogen and oxygen atoms in total. The van der Waals surface area contributed by atoms with Crippen LogP contribution in [0.5, 0.6) is 0 Å². The number of nitrogens with one attached hydrogen (secondary N) is 1. The largest absolute Gasteiger partial charge is 0.381 e. The number of hydrogen-bond donors (Lipinski definition) is 1. The van der Waals surface area contributed by atoms with Crippen molar-refractivity contribution in [1.29, 1.82) is 5.26 Å². The van der Waals surface area contributed by atoms with E-state index in [0.717, 1.165) is 0 Å². The van der Waals surface area contributed by atoms with Crippen LogP contribution < -0.4 is 4.72 Å². The molecule has 1 aromatic rings. The number of nitrogens with zero attached hydrogens (tertiary/aromatic N) is 2. The van der Waals surface area contributed by atoms with E-state index >= 15 is 0 Å². The summed E-state index contributed by atoms with van der Waals surface area (Å²) in [4.78, 5) is 4.02. The lowest BCUT2D eigenvalue weighted by atomic mass is 10.2. The predicted molar refractivity (Wildman–Crippen MR) is 67.6 cm³/mol. The van der Waals surface area contributed by atoms with Gasteiger partial charge < -0.3 is 4.74 Å². The van der Waals surface area contributed by atoms with Gasteiger partial charge in [0.1, 0.15) is 5.82 Å². The summed E-state index contributed by atoms with van der Waals surface area (Å²) in [6.45, 7) is 3.35. The average molecular weight is 269 g/mol. The van der Waals surface area contributed by atoms with Crippen molar-refractivity contribution in [3.63, 3.8) is 0 Å². The van der Waals surface area contributed by atoms with Crippen LogP contribution in [0.15, 0.2) is 12.1 Å². The summed E-state index contributed by atoms with van der Waals surface area (Å²) in [5.41, 5.74) is 0.937. The molecule has 1 heterocycles. The summed E-state index contributed by atoms with van der Waals surface area (Å²) in [6, 6.07) is 4.92. The van der Waals surface area contributed by atoms with Gasteiger partial charge in [-0.25, -0.2) is 13.4 Å². The number of pyridine rings is 1. The lowest BCUT2D eigenvalue weighted by Crippen LogP contribution is -2.25. The third kappa shape index (κ3) is 4.31. The first-order valence-corrected chi connectivity index (χ1v) is 6.93. The highest BCUT2D eigenvalue weighted by molar-refractivity contribution is 7.92. The molecule has 1 aromatic heterocycles. The topological polar surface area (TPSA) is 92.1 Å². The molecule has 18 heavy (non-hydrogen) atoms. The number of rotatable bonds is 5. The van der Waals surface area contributed by atoms with Gasteiger partial charge in [-0.3, -0.25) is 4.72 Å². The van der Waals surface area contributed by atoms with E-state index in [-0.39, 0.29) is 11.6 Å². The van der Waals surface area contributed by atoms with Crippen LogP contribution in [0.3, 0.4) is 0 Å². The van der Waals surface area contributed by atoms with Crippen LogP contribution in [-0.2, 0) is 14.8 Å². The van der Waals surface area contributed by atoms with Crippen LogP contribution in [-0.4, -0.2) is 32.4 Å². The SMILES string of the molecule is CO[C@@H](C)CS(=O)(=O)Nc1cc(C#N)cc(C)n1. The van der Waals surface area contributed by atoms with Gasteiger partial charge in [0.15, 0.2) is 0 Å². The fourth-order valence-electron chi connectivity index (χ4n) is 1.36. The molecule has 0 aliphatic rings. The van der Waals surface area contributed by atoms with Gasteiger partial charge in [0, 0.05) is 12.8 Å². The first kappa shape index (κ1) is 14.4. The highest BCUT2D eigenvalue weighted by atomic mass is 32.2. The van der Waals surface area contributed by atoms with E-state index in [2.05, 4.69) is 9.71 Å². The summed E-state index contributed by atoms with van der Waals surface area (Å²) in [5, 5.41) is 8.79. The number of ether oxygens (including phenoxy) is 1. The number of nitriles is 1. The fraction of sp³-hybridized carbons (Fsp3) is 0.455. The van der Waals surface area contributed by atoms with Crippen LogP contribution in [0.25, 0.3) is 0 Å². The molecule has 0 aliphatic heterocycles. The molecular weight excluding hydrogens is 254 g/mol. The number of aryl methyl sites for hydroxylation is 1. The van der Waals surface area contributed by atoms with Gasteiger partial charge in [-0.15, -0.1) is 0 Å². The minimum atomic E-state index is -3.53. The van der Waals surface area contributed by atoms with E-state index in [0.29, 0.717) is 11.3 Å². The molecule has 7 heteroatoms. The monoisotopic (exact) mass is 269 g/mol. The van der Waals surface area contributed by atoms with Crippen molar-refractivity contribution in [3.05, 3.63) is 23.4 Å². The molecule has 98 valence electrons. The minimum Gasteiger partial charge on any atom is -0.381 e. The Morgan fingerprint density at radius 3 is 2.78 bits per heavy atom. The van der Waals surface area contributed by atoms with Crippen molar-refractivity contribution in [2.24, 2.45) is 0 Å². The van der Waals surface area contributed by atoms with E-state index < -0.39 is 16.1 Å². The van der Waals surface area contributed by atoms with Crippen molar-refractivity contribution in [2.45, 2.75) is 20.0 Å². The van der Waals surface area contributed by atoms with Crippen molar-refractivity contribution in [1.82, 2.24) is 4.98 Å². The summed E-state index contributed by atoms with van der Waals surface area (Å²) >= 11 is 0. The predicted octanol–water partition coefficient (Wildman–Crippen LogP) is 1.04. The number of aromatic nitrogens is 1. The Hall–Kier alpha value is -1.65. The summed E-state index contributed by atoms with van der Waals surface area (Å²) < 4.78 is 30.8. The molecule has 0 aliphatic carbocycles. The zero-order chi connectivity index (χ0) is 13.8. The molecule has 0 radical (unpaired) electrons. The van der Waals surface area contributed by atoms with Crippen molar-refractivity contribution < 1.29 is 13.2 Å². The highest BCUT2D eigenvalue weighted by Gasteiger charge is 2.16. The van der Waals surface area contributed by atoms with Crippen LogP contribution >= 0.6 is 0 Å². The second kappa shape index (κ2) is 5.80. The van der Waals surface area contributed by atoms with Gasteiger partial charge in [-0.2, -0.15) is 5.26 Å². The van der Waals surface area contributed by atoms with Gasteiger partial charge in [-0.05, 0) is 26.0 Å². The quantitative estimate of drug-likeness (QED) is 0.862. The summed E-state index contributed by atoms with van der Waals surface area (Å²) in [7, 11) is -2.09. The average Bonchev–Trinajstić information content (AvgIpc) is 2.26. The maximum Gasteiger partial charge on any atom is 0.236 e. The maximum absolute atomic E-state index is 11.8. The zero-order valence-corrected chi connectivity index (χ0v) is 11.3. The normalized spacial score (nSPS) is 12.8. The van der Waals surface area contributed by atoms with E-state index in [4.69, 9.17) is 10.00 Å². The van der Waals surface area contributed by atoms with Crippen LogP contribution in [0.1, 0.15) is 18.2 Å². The van der Waals surface area contributed by atoms with Gasteiger partial charge >= 0.3 is 0 Å². The molecule has 0 amide bonds. The first-order valence-electron chi connectivity index (χ1n) is 5.28. The van der Waals surface area contributed by atoms with Crippen LogP contribution in [0, 0.1) is 18.3 Å². The smallest absolute Gasteiger partial charge is 0.236 e. The Balaban J connectivity index is 2.91. The Morgan fingerprint density at radius 1 is 1.56 bits per heavy atom.